The summed E-state index contributed by atoms with van der Waals surface area (Å²) in [5.74, 6) is 1.38. The van der Waals surface area contributed by atoms with Crippen molar-refractivity contribution < 1.29 is 14.3 Å². The van der Waals surface area contributed by atoms with Gasteiger partial charge in [0.25, 0.3) is 0 Å². The van der Waals surface area contributed by atoms with Crippen LogP contribution in [0, 0.1) is 6.92 Å². The van der Waals surface area contributed by atoms with Crippen LogP contribution in [0.1, 0.15) is 29.7 Å². The van der Waals surface area contributed by atoms with Crippen LogP contribution in [-0.2, 0) is 11.3 Å². The summed E-state index contributed by atoms with van der Waals surface area (Å²) >= 11 is 0. The molecule has 0 spiro atoms. The third-order valence-corrected chi connectivity index (χ3v) is 5.08. The smallest absolute Gasteiger partial charge is 0.246 e. The van der Waals surface area contributed by atoms with Crippen LogP contribution < -0.4 is 14.8 Å². The van der Waals surface area contributed by atoms with Gasteiger partial charge in [-0.15, -0.1) is 0 Å². The lowest BCUT2D eigenvalue weighted by Crippen LogP contribution is -2.34. The molecular weight excluding hydrogens is 388 g/mol. The molecule has 0 saturated heterocycles. The molecule has 3 aromatic rings. The van der Waals surface area contributed by atoms with E-state index in [0.717, 1.165) is 22.4 Å². The second-order valence-corrected chi connectivity index (χ2v) is 7.50. The number of carbonyl (C=O) groups is 1. The van der Waals surface area contributed by atoms with E-state index >= 15 is 0 Å². The van der Waals surface area contributed by atoms with Crippen molar-refractivity contribution in [2.24, 2.45) is 0 Å². The van der Waals surface area contributed by atoms with Gasteiger partial charge in [-0.3, -0.25) is 9.69 Å². The van der Waals surface area contributed by atoms with Crippen molar-refractivity contribution in [3.05, 3.63) is 89.5 Å². The van der Waals surface area contributed by atoms with Crippen LogP contribution >= 0.6 is 0 Å². The number of rotatable bonds is 9. The third-order valence-electron chi connectivity index (χ3n) is 5.08. The molecule has 0 aromatic heterocycles. The van der Waals surface area contributed by atoms with Gasteiger partial charge in [0.2, 0.25) is 5.91 Å². The number of likely N-dealkylation sites (N-methyl/N-ethyl adjacent to an activating group) is 1. The number of ether oxygens (including phenoxy) is 2. The van der Waals surface area contributed by atoms with E-state index in [2.05, 4.69) is 5.32 Å². The Labute approximate surface area is 184 Å². The van der Waals surface area contributed by atoms with E-state index in [9.17, 15) is 4.79 Å². The monoisotopic (exact) mass is 418 g/mol. The van der Waals surface area contributed by atoms with Crippen molar-refractivity contribution in [1.82, 2.24) is 4.90 Å². The molecule has 31 heavy (non-hydrogen) atoms. The van der Waals surface area contributed by atoms with Crippen LogP contribution in [0.2, 0.25) is 0 Å². The zero-order chi connectivity index (χ0) is 22.2. The molecule has 0 heterocycles. The fraction of sp³-hybridized carbons (Fsp3) is 0.269. The minimum Gasteiger partial charge on any atom is -0.495 e. The van der Waals surface area contributed by atoms with Crippen LogP contribution in [0.15, 0.2) is 72.8 Å². The van der Waals surface area contributed by atoms with E-state index in [4.69, 9.17) is 9.47 Å². The fourth-order valence-corrected chi connectivity index (χ4v) is 3.60. The molecule has 5 heteroatoms. The largest absolute Gasteiger partial charge is 0.495 e. The zero-order valence-corrected chi connectivity index (χ0v) is 18.6. The van der Waals surface area contributed by atoms with E-state index in [1.165, 1.54) is 0 Å². The lowest BCUT2D eigenvalue weighted by Gasteiger charge is -2.28. The Morgan fingerprint density at radius 3 is 2.39 bits per heavy atom. The number of nitrogens with zero attached hydrogens (tertiary/aromatic N) is 1. The first-order valence-electron chi connectivity index (χ1n) is 10.4. The van der Waals surface area contributed by atoms with Crippen molar-refractivity contribution in [1.29, 1.82) is 0 Å². The van der Waals surface area contributed by atoms with Gasteiger partial charge >= 0.3 is 0 Å². The topological polar surface area (TPSA) is 50.8 Å². The predicted molar refractivity (Wildman–Crippen MR) is 125 cm³/mol. The molecular formula is C26H30N2O3. The number of anilines is 1. The molecule has 1 atom stereocenters. The second-order valence-electron chi connectivity index (χ2n) is 7.50. The molecule has 3 aromatic carbocycles. The van der Waals surface area contributed by atoms with Gasteiger partial charge in [-0.05, 0) is 61.9 Å². The van der Waals surface area contributed by atoms with Gasteiger partial charge in [0.1, 0.15) is 17.5 Å². The Balaban J connectivity index is 1.84. The van der Waals surface area contributed by atoms with Gasteiger partial charge in [-0.25, -0.2) is 0 Å². The van der Waals surface area contributed by atoms with Gasteiger partial charge in [-0.2, -0.15) is 0 Å². The number of benzene rings is 3. The first kappa shape index (κ1) is 22.4. The maximum atomic E-state index is 13.4. The lowest BCUT2D eigenvalue weighted by atomic mass is 10.0. The summed E-state index contributed by atoms with van der Waals surface area (Å²) in [7, 11) is 3.56. The fourth-order valence-electron chi connectivity index (χ4n) is 3.60. The van der Waals surface area contributed by atoms with Crippen LogP contribution in [0.5, 0.6) is 11.5 Å². The van der Waals surface area contributed by atoms with Crippen molar-refractivity contribution in [3.63, 3.8) is 0 Å². The summed E-state index contributed by atoms with van der Waals surface area (Å²) < 4.78 is 11.0. The SMILES string of the molecule is CCOc1ccc(CN(C)[C@@H](C(=O)Nc2cc(C)ccc2OC)c2ccccc2)cc1. The first-order chi connectivity index (χ1) is 15.0. The number of methoxy groups -OCH3 is 1. The molecule has 0 radical (unpaired) electrons. The second kappa shape index (κ2) is 10.6. The summed E-state index contributed by atoms with van der Waals surface area (Å²) in [5.41, 5.74) is 3.76. The van der Waals surface area contributed by atoms with Gasteiger partial charge in [0.15, 0.2) is 0 Å². The van der Waals surface area contributed by atoms with Crippen molar-refractivity contribution in [2.75, 3.05) is 26.1 Å². The Morgan fingerprint density at radius 1 is 1.03 bits per heavy atom. The average Bonchev–Trinajstić information content (AvgIpc) is 2.76. The maximum absolute atomic E-state index is 13.4. The summed E-state index contributed by atoms with van der Waals surface area (Å²) in [4.78, 5) is 15.5. The molecule has 3 rings (SSSR count). The van der Waals surface area contributed by atoms with E-state index in [1.54, 1.807) is 7.11 Å². The molecule has 162 valence electrons. The Kier molecular flexibility index (Phi) is 7.68. The van der Waals surface area contributed by atoms with Crippen LogP contribution in [-0.4, -0.2) is 31.6 Å². The molecule has 0 bridgehead atoms. The van der Waals surface area contributed by atoms with Gasteiger partial charge < -0.3 is 14.8 Å². The number of amides is 1. The standard InChI is InChI=1S/C26H30N2O3/c1-5-31-22-14-12-20(13-15-22)18-28(3)25(21-9-7-6-8-10-21)26(29)27-23-17-19(2)11-16-24(23)30-4/h6-17,25H,5,18H2,1-4H3,(H,27,29)/t25-/m1/s1. The molecule has 0 aliphatic carbocycles. The molecule has 0 saturated carbocycles. The summed E-state index contributed by atoms with van der Waals surface area (Å²) in [6, 6.07) is 23.1. The summed E-state index contributed by atoms with van der Waals surface area (Å²) in [6.45, 7) is 5.21. The summed E-state index contributed by atoms with van der Waals surface area (Å²) in [5, 5.41) is 3.07. The minimum absolute atomic E-state index is 0.108. The van der Waals surface area contributed by atoms with E-state index in [0.29, 0.717) is 24.6 Å². The molecule has 0 aliphatic rings. The van der Waals surface area contributed by atoms with E-state index < -0.39 is 6.04 Å². The highest BCUT2D eigenvalue weighted by atomic mass is 16.5. The number of hydrogen-bond acceptors (Lipinski definition) is 4. The third kappa shape index (κ3) is 5.86. The zero-order valence-electron chi connectivity index (χ0n) is 18.6. The predicted octanol–water partition coefficient (Wildman–Crippen LogP) is 5.21. The number of aryl methyl sites for hydroxylation is 1. The molecule has 1 N–H and O–H groups in total. The van der Waals surface area contributed by atoms with Gasteiger partial charge in [0.05, 0.1) is 19.4 Å². The number of nitrogens with one attached hydrogen (secondary N) is 1. The van der Waals surface area contributed by atoms with Crippen molar-refractivity contribution in [2.45, 2.75) is 26.4 Å². The van der Waals surface area contributed by atoms with E-state index in [-0.39, 0.29) is 5.91 Å². The molecule has 0 aliphatic heterocycles. The van der Waals surface area contributed by atoms with Gasteiger partial charge in [0, 0.05) is 6.54 Å². The quantitative estimate of drug-likeness (QED) is 0.518. The van der Waals surface area contributed by atoms with Crippen LogP contribution in [0.4, 0.5) is 5.69 Å². The molecule has 0 unspecified atom stereocenters. The van der Waals surface area contributed by atoms with Crippen LogP contribution in [0.25, 0.3) is 0 Å². The highest BCUT2D eigenvalue weighted by Gasteiger charge is 2.26. The molecule has 5 nitrogen and oxygen atoms in total. The highest BCUT2D eigenvalue weighted by Crippen LogP contribution is 2.29. The normalized spacial score (nSPS) is 11.8. The average molecular weight is 419 g/mol. The Hall–Kier alpha value is -3.31. The number of hydrogen-bond donors (Lipinski definition) is 1. The first-order valence-corrected chi connectivity index (χ1v) is 10.4. The maximum Gasteiger partial charge on any atom is 0.246 e. The Bertz CT molecular complexity index is 987. The van der Waals surface area contributed by atoms with Crippen molar-refractivity contribution >= 4 is 11.6 Å². The number of carbonyl (C=O) groups excluding carboxylic acids is 1. The minimum atomic E-state index is -0.460. The van der Waals surface area contributed by atoms with Crippen molar-refractivity contribution in [3.8, 4) is 11.5 Å². The van der Waals surface area contributed by atoms with Crippen LogP contribution in [0.3, 0.4) is 0 Å². The Morgan fingerprint density at radius 2 is 1.74 bits per heavy atom. The summed E-state index contributed by atoms with van der Waals surface area (Å²) in [6.07, 6.45) is 0. The molecule has 0 fully saturated rings. The van der Waals surface area contributed by atoms with Gasteiger partial charge in [-0.1, -0.05) is 48.5 Å². The lowest BCUT2D eigenvalue weighted by molar-refractivity contribution is -0.121. The molecule has 1 amide bonds. The highest BCUT2D eigenvalue weighted by molar-refractivity contribution is 5.96. The van der Waals surface area contributed by atoms with E-state index in [1.807, 2.05) is 98.6 Å².